The van der Waals surface area contributed by atoms with Crippen LogP contribution in [0.4, 0.5) is 14.9 Å². The van der Waals surface area contributed by atoms with Crippen molar-refractivity contribution in [2.24, 2.45) is 0 Å². The molecule has 196 valence electrons. The topological polar surface area (TPSA) is 84.9 Å². The number of hydrogen-bond acceptors (Lipinski definition) is 6. The van der Waals surface area contributed by atoms with Crippen LogP contribution in [0.1, 0.15) is 22.3 Å². The minimum atomic E-state index is -0.576. The highest BCUT2D eigenvalue weighted by atomic mass is 35.5. The smallest absolute Gasteiger partial charge is 0.294 e. The molecule has 7 nitrogen and oxygen atoms in total. The standard InChI is InChI=1S/C28H24ClFN2O5S/c1-16-6-4-9-22(17(16)2)31-26(33)14-32-27(34)25(38-28(32)35)13-18-10-11-23(36-3)24(12-18)37-15-19-20(29)7-5-8-21(19)30/h4-13H,14-15H2,1-3H3,(H,31,33)/b25-13+. The molecule has 10 heteroatoms. The maximum absolute atomic E-state index is 14.1. The summed E-state index contributed by atoms with van der Waals surface area (Å²) >= 11 is 6.83. The third kappa shape index (κ3) is 6.00. The van der Waals surface area contributed by atoms with Gasteiger partial charge in [0.25, 0.3) is 11.1 Å². The highest BCUT2D eigenvalue weighted by molar-refractivity contribution is 8.18. The average Bonchev–Trinajstić information content (AvgIpc) is 3.14. The van der Waals surface area contributed by atoms with Gasteiger partial charge in [-0.05, 0) is 78.7 Å². The summed E-state index contributed by atoms with van der Waals surface area (Å²) in [6.07, 6.45) is 1.52. The fourth-order valence-electron chi connectivity index (χ4n) is 3.72. The van der Waals surface area contributed by atoms with Gasteiger partial charge in [-0.1, -0.05) is 35.9 Å². The Kier molecular flexibility index (Phi) is 8.38. The third-order valence-electron chi connectivity index (χ3n) is 5.97. The minimum absolute atomic E-state index is 0.142. The lowest BCUT2D eigenvalue weighted by atomic mass is 10.1. The van der Waals surface area contributed by atoms with Gasteiger partial charge in [-0.3, -0.25) is 19.3 Å². The molecule has 1 aliphatic heterocycles. The molecule has 0 saturated carbocycles. The Balaban J connectivity index is 1.48. The Bertz CT molecular complexity index is 1440. The molecule has 0 unspecified atom stereocenters. The highest BCUT2D eigenvalue weighted by Crippen LogP contribution is 2.35. The molecule has 3 aromatic rings. The average molecular weight is 555 g/mol. The molecule has 3 aromatic carbocycles. The van der Waals surface area contributed by atoms with E-state index < -0.39 is 29.4 Å². The lowest BCUT2D eigenvalue weighted by Crippen LogP contribution is -2.36. The molecule has 0 aliphatic carbocycles. The largest absolute Gasteiger partial charge is 0.493 e. The third-order valence-corrected chi connectivity index (χ3v) is 7.23. The molecule has 38 heavy (non-hydrogen) atoms. The van der Waals surface area contributed by atoms with Gasteiger partial charge in [0.1, 0.15) is 19.0 Å². The second-order valence-corrected chi connectivity index (χ2v) is 9.86. The zero-order chi connectivity index (χ0) is 27.4. The summed E-state index contributed by atoms with van der Waals surface area (Å²) in [6, 6.07) is 14.8. The van der Waals surface area contributed by atoms with Crippen molar-refractivity contribution >= 4 is 52.2 Å². The Morgan fingerprint density at radius 3 is 2.61 bits per heavy atom. The number of carbonyl (C=O) groups excluding carboxylic acids is 3. The van der Waals surface area contributed by atoms with Gasteiger partial charge in [0, 0.05) is 11.3 Å². The number of aryl methyl sites for hydroxylation is 1. The van der Waals surface area contributed by atoms with Crippen LogP contribution in [-0.2, 0) is 16.2 Å². The van der Waals surface area contributed by atoms with Crippen molar-refractivity contribution in [3.8, 4) is 11.5 Å². The molecule has 0 spiro atoms. The second-order valence-electron chi connectivity index (χ2n) is 8.46. The van der Waals surface area contributed by atoms with E-state index in [1.165, 1.54) is 25.3 Å². The van der Waals surface area contributed by atoms with Crippen LogP contribution < -0.4 is 14.8 Å². The van der Waals surface area contributed by atoms with E-state index in [0.29, 0.717) is 22.7 Å². The first kappa shape index (κ1) is 27.2. The van der Waals surface area contributed by atoms with E-state index in [1.54, 1.807) is 30.3 Å². The Labute approximate surface area is 228 Å². The molecule has 0 aromatic heterocycles. The van der Waals surface area contributed by atoms with Gasteiger partial charge in [0.2, 0.25) is 5.91 Å². The number of benzene rings is 3. The lowest BCUT2D eigenvalue weighted by Gasteiger charge is -2.14. The summed E-state index contributed by atoms with van der Waals surface area (Å²) in [7, 11) is 1.46. The van der Waals surface area contributed by atoms with Crippen molar-refractivity contribution in [2.75, 3.05) is 19.0 Å². The van der Waals surface area contributed by atoms with Gasteiger partial charge in [-0.15, -0.1) is 0 Å². The van der Waals surface area contributed by atoms with Crippen LogP contribution in [0, 0.1) is 19.7 Å². The maximum Gasteiger partial charge on any atom is 0.294 e. The van der Waals surface area contributed by atoms with E-state index in [0.717, 1.165) is 27.8 Å². The molecule has 1 saturated heterocycles. The summed E-state index contributed by atoms with van der Waals surface area (Å²) in [4.78, 5) is 39.1. The summed E-state index contributed by atoms with van der Waals surface area (Å²) in [5.74, 6) is -0.858. The first-order chi connectivity index (χ1) is 18.2. The number of anilines is 1. The minimum Gasteiger partial charge on any atom is -0.493 e. The van der Waals surface area contributed by atoms with Crippen molar-refractivity contribution in [1.29, 1.82) is 0 Å². The number of methoxy groups -OCH3 is 1. The first-order valence-electron chi connectivity index (χ1n) is 11.5. The van der Waals surface area contributed by atoms with Gasteiger partial charge in [-0.25, -0.2) is 4.39 Å². The van der Waals surface area contributed by atoms with Crippen molar-refractivity contribution < 1.29 is 28.2 Å². The number of nitrogens with zero attached hydrogens (tertiary/aromatic N) is 1. The molecule has 1 N–H and O–H groups in total. The first-order valence-corrected chi connectivity index (χ1v) is 12.7. The predicted molar refractivity (Wildman–Crippen MR) is 146 cm³/mol. The number of thioether (sulfide) groups is 1. The molecule has 0 atom stereocenters. The SMILES string of the molecule is COc1ccc(/C=C2/SC(=O)N(CC(=O)Nc3cccc(C)c3C)C2=O)cc1OCc1c(F)cccc1Cl. The van der Waals surface area contributed by atoms with Gasteiger partial charge in [0.05, 0.1) is 17.0 Å². The molecule has 0 radical (unpaired) electrons. The van der Waals surface area contributed by atoms with Gasteiger partial charge in [-0.2, -0.15) is 0 Å². The molecule has 3 amide bonds. The molecule has 1 fully saturated rings. The van der Waals surface area contributed by atoms with E-state index in [1.807, 2.05) is 26.0 Å². The van der Waals surface area contributed by atoms with Crippen LogP contribution in [0.2, 0.25) is 5.02 Å². The van der Waals surface area contributed by atoms with Crippen molar-refractivity contribution in [1.82, 2.24) is 4.90 Å². The van der Waals surface area contributed by atoms with Gasteiger partial charge >= 0.3 is 0 Å². The van der Waals surface area contributed by atoms with E-state index in [9.17, 15) is 18.8 Å². The van der Waals surface area contributed by atoms with Crippen LogP contribution in [0.15, 0.2) is 59.5 Å². The quantitative estimate of drug-likeness (QED) is 0.326. The number of rotatable bonds is 8. The van der Waals surface area contributed by atoms with Crippen molar-refractivity contribution in [3.05, 3.63) is 92.6 Å². The van der Waals surface area contributed by atoms with Crippen molar-refractivity contribution in [3.63, 3.8) is 0 Å². The van der Waals surface area contributed by atoms with Crippen LogP contribution in [0.3, 0.4) is 0 Å². The number of carbonyl (C=O) groups is 3. The van der Waals surface area contributed by atoms with E-state index in [4.69, 9.17) is 21.1 Å². The number of amides is 3. The Morgan fingerprint density at radius 1 is 1.11 bits per heavy atom. The van der Waals surface area contributed by atoms with Gasteiger partial charge in [0.15, 0.2) is 11.5 Å². The second kappa shape index (κ2) is 11.7. The van der Waals surface area contributed by atoms with Crippen molar-refractivity contribution in [2.45, 2.75) is 20.5 Å². The number of imide groups is 1. The monoisotopic (exact) mass is 554 g/mol. The predicted octanol–water partition coefficient (Wildman–Crippen LogP) is 6.36. The van der Waals surface area contributed by atoms with Crippen LogP contribution in [-0.4, -0.2) is 35.6 Å². The molecular formula is C28H24ClFN2O5S. The van der Waals surface area contributed by atoms with Gasteiger partial charge < -0.3 is 14.8 Å². The number of halogens is 2. The van der Waals surface area contributed by atoms with Crippen LogP contribution in [0.25, 0.3) is 6.08 Å². The van der Waals surface area contributed by atoms with Crippen LogP contribution in [0.5, 0.6) is 11.5 Å². The Hall–Kier alpha value is -3.82. The number of ether oxygens (including phenoxy) is 2. The highest BCUT2D eigenvalue weighted by Gasteiger charge is 2.36. The van der Waals surface area contributed by atoms with E-state index >= 15 is 0 Å². The normalized spacial score (nSPS) is 14.2. The summed E-state index contributed by atoms with van der Waals surface area (Å²) in [6.45, 7) is 3.26. The van der Waals surface area contributed by atoms with Crippen LogP contribution >= 0.6 is 23.4 Å². The zero-order valence-corrected chi connectivity index (χ0v) is 22.4. The lowest BCUT2D eigenvalue weighted by molar-refractivity contribution is -0.127. The fourth-order valence-corrected chi connectivity index (χ4v) is 4.78. The number of nitrogens with one attached hydrogen (secondary N) is 1. The Morgan fingerprint density at radius 2 is 1.87 bits per heavy atom. The van der Waals surface area contributed by atoms with E-state index in [-0.39, 0.29) is 22.1 Å². The molecular weight excluding hydrogens is 531 g/mol. The summed E-state index contributed by atoms with van der Waals surface area (Å²) < 4.78 is 25.2. The molecule has 1 aliphatic rings. The fraction of sp³-hybridized carbons (Fsp3) is 0.179. The number of hydrogen-bond donors (Lipinski definition) is 1. The molecule has 0 bridgehead atoms. The molecule has 1 heterocycles. The van der Waals surface area contributed by atoms with E-state index in [2.05, 4.69) is 5.32 Å². The molecule has 4 rings (SSSR count). The summed E-state index contributed by atoms with van der Waals surface area (Å²) in [5.41, 5.74) is 3.29. The zero-order valence-electron chi connectivity index (χ0n) is 20.8. The summed E-state index contributed by atoms with van der Waals surface area (Å²) in [5, 5.41) is 2.45. The maximum atomic E-state index is 14.1.